The van der Waals surface area contributed by atoms with Crippen molar-refractivity contribution in [2.24, 2.45) is 0 Å². The number of carbonyl (C=O) groups excluding carboxylic acids is 2. The second kappa shape index (κ2) is 11.0. The monoisotopic (exact) mass is 462 g/mol. The zero-order chi connectivity index (χ0) is 23.2. The molecule has 1 N–H and O–H groups in total. The molecule has 2 aromatic rings. The quantitative estimate of drug-likeness (QED) is 0.540. The molecule has 0 heterocycles. The third kappa shape index (κ3) is 7.26. The largest absolute Gasteiger partial charge is 0.355 e. The van der Waals surface area contributed by atoms with Gasteiger partial charge in [0.05, 0.1) is 0 Å². The van der Waals surface area contributed by atoms with Crippen LogP contribution in [-0.2, 0) is 28.0 Å². The maximum absolute atomic E-state index is 13.2. The number of nitrogens with one attached hydrogen (secondary N) is 1. The fraction of sp³-hybridized carbons (Fsp3) is 0.440. The van der Waals surface area contributed by atoms with Crippen molar-refractivity contribution in [3.63, 3.8) is 0 Å². The second-order valence-corrected chi connectivity index (χ2v) is 9.62. The highest BCUT2D eigenvalue weighted by Gasteiger charge is 2.26. The van der Waals surface area contributed by atoms with Crippen molar-refractivity contribution in [2.45, 2.75) is 65.5 Å². The van der Waals surface area contributed by atoms with Gasteiger partial charge in [-0.3, -0.25) is 9.59 Å². The fourth-order valence-electron chi connectivity index (χ4n) is 3.30. The summed E-state index contributed by atoms with van der Waals surface area (Å²) in [7, 11) is 0. The van der Waals surface area contributed by atoms with E-state index in [0.717, 1.165) is 11.1 Å². The van der Waals surface area contributed by atoms with Crippen molar-refractivity contribution >= 4 is 35.0 Å². The van der Waals surface area contributed by atoms with Crippen molar-refractivity contribution in [1.82, 2.24) is 10.2 Å². The van der Waals surface area contributed by atoms with Gasteiger partial charge in [-0.1, -0.05) is 74.3 Å². The highest BCUT2D eigenvalue weighted by molar-refractivity contribution is 6.35. The molecule has 0 saturated heterocycles. The molecule has 2 aromatic carbocycles. The summed E-state index contributed by atoms with van der Waals surface area (Å²) in [6, 6.07) is 12.9. The molecule has 0 fully saturated rings. The number of amides is 2. The van der Waals surface area contributed by atoms with Gasteiger partial charge < -0.3 is 10.2 Å². The van der Waals surface area contributed by atoms with Gasteiger partial charge in [0.1, 0.15) is 6.04 Å². The molecule has 2 amide bonds. The minimum atomic E-state index is -0.609. The van der Waals surface area contributed by atoms with E-state index in [-0.39, 0.29) is 23.8 Å². The zero-order valence-corrected chi connectivity index (χ0v) is 20.5. The molecule has 31 heavy (non-hydrogen) atoms. The Morgan fingerprint density at radius 2 is 1.71 bits per heavy atom. The molecule has 0 aromatic heterocycles. The Kier molecular flexibility index (Phi) is 8.96. The molecule has 0 aliphatic rings. The van der Waals surface area contributed by atoms with Crippen LogP contribution in [0.25, 0.3) is 0 Å². The summed E-state index contributed by atoms with van der Waals surface area (Å²) in [4.78, 5) is 27.2. The first-order valence-electron chi connectivity index (χ1n) is 10.6. The Bertz CT molecular complexity index is 905. The number of hydrogen-bond donors (Lipinski definition) is 1. The second-order valence-electron chi connectivity index (χ2n) is 8.77. The number of benzene rings is 2. The van der Waals surface area contributed by atoms with Crippen LogP contribution in [0.15, 0.2) is 42.5 Å². The number of nitrogens with zero attached hydrogens (tertiary/aromatic N) is 1. The van der Waals surface area contributed by atoms with Crippen molar-refractivity contribution in [1.29, 1.82) is 0 Å². The Morgan fingerprint density at radius 3 is 2.26 bits per heavy atom. The molecule has 168 valence electrons. The molecule has 6 heteroatoms. The Labute approximate surface area is 195 Å². The average molecular weight is 463 g/mol. The molecule has 2 rings (SSSR count). The first kappa shape index (κ1) is 25.2. The Hall–Kier alpha value is -2.04. The SMILES string of the molecule is CCNC(=O)C(C)N(Cc1ccc(Cl)cc1Cl)C(=O)CCc1ccc(C(C)(C)C)cc1. The van der Waals surface area contributed by atoms with Gasteiger partial charge in [0.2, 0.25) is 11.8 Å². The van der Waals surface area contributed by atoms with Gasteiger partial charge in [0.25, 0.3) is 0 Å². The van der Waals surface area contributed by atoms with Gasteiger partial charge >= 0.3 is 0 Å². The van der Waals surface area contributed by atoms with Gasteiger partial charge in [0.15, 0.2) is 0 Å². The van der Waals surface area contributed by atoms with E-state index in [1.165, 1.54) is 5.56 Å². The van der Waals surface area contributed by atoms with Gasteiger partial charge in [-0.2, -0.15) is 0 Å². The van der Waals surface area contributed by atoms with Gasteiger partial charge in [0, 0.05) is 29.6 Å². The molecule has 0 bridgehead atoms. The molecule has 0 saturated carbocycles. The number of likely N-dealkylation sites (N-methyl/N-ethyl adjacent to an activating group) is 1. The van der Waals surface area contributed by atoms with Crippen LogP contribution in [0, 0.1) is 0 Å². The van der Waals surface area contributed by atoms with E-state index in [4.69, 9.17) is 23.2 Å². The molecule has 0 aliphatic heterocycles. The minimum absolute atomic E-state index is 0.0884. The van der Waals surface area contributed by atoms with Crippen LogP contribution in [0.5, 0.6) is 0 Å². The lowest BCUT2D eigenvalue weighted by molar-refractivity contribution is -0.140. The van der Waals surface area contributed by atoms with Gasteiger partial charge in [-0.05, 0) is 54.5 Å². The lowest BCUT2D eigenvalue weighted by Gasteiger charge is -2.29. The number of aryl methyl sites for hydroxylation is 1. The summed E-state index contributed by atoms with van der Waals surface area (Å²) < 4.78 is 0. The Balaban J connectivity index is 2.16. The maximum atomic E-state index is 13.2. The van der Waals surface area contributed by atoms with Crippen LogP contribution in [0.4, 0.5) is 0 Å². The van der Waals surface area contributed by atoms with Crippen molar-refractivity contribution in [2.75, 3.05) is 6.54 Å². The normalized spacial score (nSPS) is 12.4. The van der Waals surface area contributed by atoms with Crippen LogP contribution in [0.1, 0.15) is 57.7 Å². The van der Waals surface area contributed by atoms with E-state index in [0.29, 0.717) is 29.4 Å². The predicted molar refractivity (Wildman–Crippen MR) is 129 cm³/mol. The number of carbonyl (C=O) groups is 2. The lowest BCUT2D eigenvalue weighted by atomic mass is 9.86. The number of halogens is 2. The van der Waals surface area contributed by atoms with Crippen LogP contribution in [0.2, 0.25) is 10.0 Å². The zero-order valence-electron chi connectivity index (χ0n) is 19.0. The first-order valence-corrected chi connectivity index (χ1v) is 11.4. The standard InChI is InChI=1S/C25H32Cl2N2O2/c1-6-28-24(31)17(2)29(16-19-10-13-21(26)15-22(19)27)23(30)14-9-18-7-11-20(12-8-18)25(3,4)5/h7-8,10-13,15,17H,6,9,14,16H2,1-5H3,(H,28,31). The summed E-state index contributed by atoms with van der Waals surface area (Å²) in [5.41, 5.74) is 3.19. The maximum Gasteiger partial charge on any atom is 0.242 e. The highest BCUT2D eigenvalue weighted by Crippen LogP contribution is 2.25. The number of hydrogen-bond acceptors (Lipinski definition) is 2. The van der Waals surface area contributed by atoms with Gasteiger partial charge in [-0.25, -0.2) is 0 Å². The van der Waals surface area contributed by atoms with Crippen LogP contribution >= 0.6 is 23.2 Å². The van der Waals surface area contributed by atoms with Crippen molar-refractivity contribution in [3.05, 3.63) is 69.2 Å². The van der Waals surface area contributed by atoms with E-state index in [9.17, 15) is 9.59 Å². The molecule has 4 nitrogen and oxygen atoms in total. The molecular weight excluding hydrogens is 431 g/mol. The van der Waals surface area contributed by atoms with Crippen LogP contribution in [0.3, 0.4) is 0 Å². The number of rotatable bonds is 8. The van der Waals surface area contributed by atoms with E-state index in [1.807, 2.05) is 6.92 Å². The summed E-state index contributed by atoms with van der Waals surface area (Å²) in [5.74, 6) is -0.278. The van der Waals surface area contributed by atoms with E-state index in [1.54, 1.807) is 30.0 Å². The molecule has 0 aliphatic carbocycles. The van der Waals surface area contributed by atoms with Crippen molar-refractivity contribution < 1.29 is 9.59 Å². The van der Waals surface area contributed by atoms with E-state index >= 15 is 0 Å². The lowest BCUT2D eigenvalue weighted by Crippen LogP contribution is -2.47. The molecular formula is C25H32Cl2N2O2. The summed E-state index contributed by atoms with van der Waals surface area (Å²) in [5, 5.41) is 3.80. The highest BCUT2D eigenvalue weighted by atomic mass is 35.5. The van der Waals surface area contributed by atoms with Crippen molar-refractivity contribution in [3.8, 4) is 0 Å². The van der Waals surface area contributed by atoms with Gasteiger partial charge in [-0.15, -0.1) is 0 Å². The molecule has 0 radical (unpaired) electrons. The van der Waals surface area contributed by atoms with E-state index in [2.05, 4.69) is 50.4 Å². The molecule has 1 atom stereocenters. The summed E-state index contributed by atoms with van der Waals surface area (Å²) >= 11 is 12.3. The summed E-state index contributed by atoms with van der Waals surface area (Å²) in [6.45, 7) is 10.9. The van der Waals surface area contributed by atoms with Crippen LogP contribution < -0.4 is 5.32 Å². The average Bonchev–Trinajstić information content (AvgIpc) is 2.71. The fourth-order valence-corrected chi connectivity index (χ4v) is 3.77. The minimum Gasteiger partial charge on any atom is -0.355 e. The molecule has 1 unspecified atom stereocenters. The predicted octanol–water partition coefficient (Wildman–Crippen LogP) is 5.78. The molecule has 0 spiro atoms. The smallest absolute Gasteiger partial charge is 0.242 e. The Morgan fingerprint density at radius 1 is 1.06 bits per heavy atom. The third-order valence-corrected chi connectivity index (χ3v) is 5.91. The third-order valence-electron chi connectivity index (χ3n) is 5.32. The van der Waals surface area contributed by atoms with Crippen LogP contribution in [-0.4, -0.2) is 29.3 Å². The first-order chi connectivity index (χ1) is 14.5. The van der Waals surface area contributed by atoms with E-state index < -0.39 is 6.04 Å². The summed E-state index contributed by atoms with van der Waals surface area (Å²) in [6.07, 6.45) is 0.917. The topological polar surface area (TPSA) is 49.4 Å².